The van der Waals surface area contributed by atoms with Crippen LogP contribution in [0.1, 0.15) is 44.8 Å². The van der Waals surface area contributed by atoms with Gasteiger partial charge in [-0.25, -0.2) is 19.9 Å². The minimum atomic E-state index is -4.34. The van der Waals surface area contributed by atoms with E-state index in [-0.39, 0.29) is 0 Å². The third kappa shape index (κ3) is 11.1. The van der Waals surface area contributed by atoms with Crippen molar-refractivity contribution in [3.05, 3.63) is 154 Å². The van der Waals surface area contributed by atoms with Gasteiger partial charge in [0, 0.05) is 41.3 Å². The Morgan fingerprint density at radius 2 is 1.14 bits per heavy atom. The van der Waals surface area contributed by atoms with Gasteiger partial charge in [-0.2, -0.15) is 26.3 Å². The molecule has 0 amide bonds. The summed E-state index contributed by atoms with van der Waals surface area (Å²) in [6, 6.07) is 25.3. The minimum absolute atomic E-state index is 0.565. The van der Waals surface area contributed by atoms with Gasteiger partial charge in [0.1, 0.15) is 24.3 Å². The van der Waals surface area contributed by atoms with Crippen LogP contribution in [0.25, 0.3) is 0 Å². The van der Waals surface area contributed by atoms with Crippen LogP contribution < -0.4 is 26.3 Å². The molecular formula is C42H41BF6N8O2. The van der Waals surface area contributed by atoms with Crippen LogP contribution in [0.15, 0.2) is 110 Å². The summed E-state index contributed by atoms with van der Waals surface area (Å²) < 4.78 is 75.8. The van der Waals surface area contributed by atoms with Crippen LogP contribution in [0.2, 0.25) is 0 Å². The van der Waals surface area contributed by atoms with Crippen molar-refractivity contribution in [2.75, 3.05) is 28.6 Å². The van der Waals surface area contributed by atoms with Gasteiger partial charge in [-0.3, -0.25) is 0 Å². The minimum Gasteiger partial charge on any atom is -0.423 e. The molecule has 5 N–H and O–H groups in total. The molecule has 0 saturated carbocycles. The number of benzene rings is 4. The van der Waals surface area contributed by atoms with Gasteiger partial charge in [-0.1, -0.05) is 48.0 Å². The average molecular weight is 815 g/mol. The molecular weight excluding hydrogens is 773 g/mol. The second-order valence-corrected chi connectivity index (χ2v) is 13.8. The average Bonchev–Trinajstić information content (AvgIpc) is 3.21. The Morgan fingerprint density at radius 3 is 1.64 bits per heavy atom. The molecule has 59 heavy (non-hydrogen) atoms. The van der Waals surface area contributed by atoms with Crippen LogP contribution in [-0.2, 0) is 38.3 Å². The smallest absolute Gasteiger partial charge is 0.423 e. The summed E-state index contributed by atoms with van der Waals surface area (Å²) in [5, 5.41) is 26.9. The molecule has 0 spiro atoms. The number of hydrogen-bond donors (Lipinski definition) is 5. The highest BCUT2D eigenvalue weighted by atomic mass is 19.4. The number of aromatic nitrogens is 4. The lowest BCUT2D eigenvalue weighted by atomic mass is 9.77. The van der Waals surface area contributed by atoms with Crippen molar-refractivity contribution < 1.29 is 36.4 Å². The number of para-hydroxylation sites is 1. The third-order valence-electron chi connectivity index (χ3n) is 9.76. The summed E-state index contributed by atoms with van der Waals surface area (Å²) in [5.74, 6) is 1.30. The molecule has 17 heteroatoms. The molecule has 0 aliphatic carbocycles. The zero-order valence-electron chi connectivity index (χ0n) is 32.1. The van der Waals surface area contributed by atoms with E-state index in [1.165, 1.54) is 48.2 Å². The lowest BCUT2D eigenvalue weighted by molar-refractivity contribution is -0.138. The third-order valence-corrected chi connectivity index (χ3v) is 9.76. The predicted octanol–water partition coefficient (Wildman–Crippen LogP) is 7.67. The van der Waals surface area contributed by atoms with Crippen molar-refractivity contribution in [1.29, 1.82) is 0 Å². The van der Waals surface area contributed by atoms with Gasteiger partial charge in [0.2, 0.25) is 0 Å². The van der Waals surface area contributed by atoms with Gasteiger partial charge in [0.25, 0.3) is 0 Å². The van der Waals surface area contributed by atoms with Crippen LogP contribution in [0.4, 0.5) is 55.0 Å². The molecule has 0 unspecified atom stereocenters. The van der Waals surface area contributed by atoms with Crippen LogP contribution in [-0.4, -0.2) is 50.2 Å². The monoisotopic (exact) mass is 814 g/mol. The van der Waals surface area contributed by atoms with E-state index in [0.29, 0.717) is 41.6 Å². The fourth-order valence-electron chi connectivity index (χ4n) is 6.61. The maximum atomic E-state index is 12.7. The number of rotatable bonds is 6. The second-order valence-electron chi connectivity index (χ2n) is 13.8. The molecule has 306 valence electrons. The number of nitrogens with zero attached hydrogens (tertiary/aromatic N) is 5. The van der Waals surface area contributed by atoms with Crippen LogP contribution in [0.5, 0.6) is 0 Å². The zero-order valence-corrected chi connectivity index (χ0v) is 32.1. The molecule has 0 atom stereocenters. The fraction of sp³-hybridized carbons (Fsp3) is 0.238. The number of hydrogen-bond acceptors (Lipinski definition) is 10. The number of alkyl halides is 6. The number of aryl methyl sites for hydroxylation is 2. The van der Waals surface area contributed by atoms with Crippen molar-refractivity contribution in [3.63, 3.8) is 0 Å². The molecule has 2 aromatic heterocycles. The highest BCUT2D eigenvalue weighted by molar-refractivity contribution is 6.59. The zero-order chi connectivity index (χ0) is 42.2. The lowest BCUT2D eigenvalue weighted by Gasteiger charge is -2.31. The molecule has 6 aromatic rings. The number of nitrogens with one attached hydrogen (secondary N) is 3. The molecule has 2 aliphatic rings. The Balaban J connectivity index is 0.000000165. The van der Waals surface area contributed by atoms with E-state index in [2.05, 4.69) is 59.8 Å². The second kappa shape index (κ2) is 18.7. The van der Waals surface area contributed by atoms with Gasteiger partial charge < -0.3 is 30.9 Å². The highest BCUT2D eigenvalue weighted by Gasteiger charge is 2.31. The Hall–Kier alpha value is -6.04. The summed E-state index contributed by atoms with van der Waals surface area (Å²) in [7, 11) is -1.35. The highest BCUT2D eigenvalue weighted by Crippen LogP contribution is 2.33. The van der Waals surface area contributed by atoms with E-state index in [1.54, 1.807) is 12.1 Å². The van der Waals surface area contributed by atoms with Gasteiger partial charge >= 0.3 is 19.5 Å². The first-order chi connectivity index (χ1) is 28.2. The van der Waals surface area contributed by atoms with E-state index in [0.717, 1.165) is 78.3 Å². The number of anilines is 5. The molecule has 8 rings (SSSR count). The van der Waals surface area contributed by atoms with Gasteiger partial charge in [-0.05, 0) is 98.9 Å². The van der Waals surface area contributed by atoms with Crippen LogP contribution in [0, 0.1) is 13.8 Å². The summed E-state index contributed by atoms with van der Waals surface area (Å²) in [4.78, 5) is 19.4. The van der Waals surface area contributed by atoms with Gasteiger partial charge in [0.05, 0.1) is 29.1 Å². The normalized spacial score (nSPS) is 13.4. The lowest BCUT2D eigenvalue weighted by Crippen LogP contribution is -2.32. The van der Waals surface area contributed by atoms with E-state index >= 15 is 0 Å². The molecule has 2 aliphatic heterocycles. The Kier molecular flexibility index (Phi) is 13.5. The van der Waals surface area contributed by atoms with Crippen molar-refractivity contribution in [1.82, 2.24) is 25.3 Å². The first-order valence-electron chi connectivity index (χ1n) is 18.6. The summed E-state index contributed by atoms with van der Waals surface area (Å²) in [6.07, 6.45) is -4.17. The first-order valence-corrected chi connectivity index (χ1v) is 18.6. The van der Waals surface area contributed by atoms with Crippen LogP contribution in [0.3, 0.4) is 0 Å². The van der Waals surface area contributed by atoms with E-state index < -0.39 is 30.6 Å². The Morgan fingerprint density at radius 1 is 0.627 bits per heavy atom. The quantitative estimate of drug-likeness (QED) is 0.0844. The van der Waals surface area contributed by atoms with E-state index in [9.17, 15) is 26.3 Å². The molecule has 0 fully saturated rings. The molecule has 0 bridgehead atoms. The first kappa shape index (κ1) is 42.6. The van der Waals surface area contributed by atoms with Crippen LogP contribution >= 0.6 is 0 Å². The van der Waals surface area contributed by atoms with Crippen molar-refractivity contribution in [3.8, 4) is 0 Å². The fourth-order valence-corrected chi connectivity index (χ4v) is 6.61. The summed E-state index contributed by atoms with van der Waals surface area (Å²) in [6.45, 7) is 6.94. The largest absolute Gasteiger partial charge is 0.488 e. The SMILES string of the molecule is Cc1ccccc1B(O)O.Cc1ccccc1N1CCc2c(ncnc2Nc2ccc(C(F)(F)F)cc2)C1.FC(F)(F)c1ccc(Nc2ncnc3c2CCNC3)cc1. The topological polar surface area (TPSA) is 131 Å². The standard InChI is InChI=1S/C21H19F3N4.C14H13F3N4.C7H9BO2/c1-14-4-2-3-5-19(14)28-11-10-17-18(12-28)25-13-26-20(17)27-16-8-6-15(7-9-16)21(22,23)24;15-14(16,17)9-1-3-10(4-2-9)21-13-11-5-6-18-7-12(11)19-8-20-13;1-6-4-2-3-5-7(6)8(9)10/h2-9,13H,10-12H2,1H3,(H,25,26,27);1-4,8,18H,5-7H2,(H,19,20,21);2-5,9-10H,1H3. The number of halogens is 6. The predicted molar refractivity (Wildman–Crippen MR) is 216 cm³/mol. The molecule has 4 heterocycles. The summed E-state index contributed by atoms with van der Waals surface area (Å²) in [5.41, 5.74) is 7.54. The summed E-state index contributed by atoms with van der Waals surface area (Å²) >= 11 is 0. The van der Waals surface area contributed by atoms with Gasteiger partial charge in [-0.15, -0.1) is 0 Å². The molecule has 0 saturated heterocycles. The Labute approximate surface area is 337 Å². The maximum Gasteiger partial charge on any atom is 0.488 e. The maximum absolute atomic E-state index is 12.7. The number of fused-ring (bicyclic) bond motifs is 2. The van der Waals surface area contributed by atoms with E-state index in [1.807, 2.05) is 31.2 Å². The molecule has 10 nitrogen and oxygen atoms in total. The van der Waals surface area contributed by atoms with Gasteiger partial charge in [0.15, 0.2) is 0 Å². The van der Waals surface area contributed by atoms with Crippen molar-refractivity contribution >= 4 is 41.3 Å². The van der Waals surface area contributed by atoms with Crippen molar-refractivity contribution in [2.24, 2.45) is 0 Å². The Bertz CT molecular complexity index is 2330. The molecule has 0 radical (unpaired) electrons. The molecule has 4 aromatic carbocycles. The van der Waals surface area contributed by atoms with Crippen molar-refractivity contribution in [2.45, 2.75) is 52.1 Å². The van der Waals surface area contributed by atoms with E-state index in [4.69, 9.17) is 10.0 Å².